The lowest BCUT2D eigenvalue weighted by Gasteiger charge is -2.27. The van der Waals surface area contributed by atoms with Gasteiger partial charge in [-0.25, -0.2) is 9.69 Å². The highest BCUT2D eigenvalue weighted by molar-refractivity contribution is 5.94. The number of nitrogens with zero attached hydrogens (tertiary/aromatic N) is 1. The van der Waals surface area contributed by atoms with Gasteiger partial charge in [0.2, 0.25) is 5.91 Å². The molecule has 1 aliphatic heterocycles. The summed E-state index contributed by atoms with van der Waals surface area (Å²) in [5, 5.41) is 0. The van der Waals surface area contributed by atoms with Crippen LogP contribution >= 0.6 is 0 Å². The molecule has 0 unspecified atom stereocenters. The molecular weight excluding hydrogens is 278 g/mol. The first-order chi connectivity index (χ1) is 10.5. The molecule has 0 aliphatic carbocycles. The Morgan fingerprint density at radius 1 is 1.32 bits per heavy atom. The van der Waals surface area contributed by atoms with Crippen molar-refractivity contribution in [2.45, 2.75) is 46.1 Å². The van der Waals surface area contributed by atoms with Crippen LogP contribution in [0.3, 0.4) is 0 Å². The number of cyclic esters (lactones) is 1. The third kappa shape index (κ3) is 3.67. The second-order valence-corrected chi connectivity index (χ2v) is 6.27. The van der Waals surface area contributed by atoms with Crippen LogP contribution in [0.4, 0.5) is 4.79 Å². The van der Waals surface area contributed by atoms with E-state index in [0.717, 1.165) is 18.4 Å². The summed E-state index contributed by atoms with van der Waals surface area (Å²) in [6.07, 6.45) is 1.89. The van der Waals surface area contributed by atoms with Crippen molar-refractivity contribution in [2.24, 2.45) is 11.8 Å². The van der Waals surface area contributed by atoms with Crippen molar-refractivity contribution in [3.63, 3.8) is 0 Å². The molecule has 0 bridgehead atoms. The zero-order valence-electron chi connectivity index (χ0n) is 13.6. The number of amides is 2. The number of ether oxygens (including phenoxy) is 1. The Hall–Kier alpha value is -1.84. The van der Waals surface area contributed by atoms with Gasteiger partial charge >= 0.3 is 6.09 Å². The van der Waals surface area contributed by atoms with Crippen LogP contribution < -0.4 is 0 Å². The van der Waals surface area contributed by atoms with Crippen molar-refractivity contribution >= 4 is 12.0 Å². The Bertz CT molecular complexity index is 512. The van der Waals surface area contributed by atoms with E-state index in [1.165, 1.54) is 4.90 Å². The molecule has 1 heterocycles. The number of carbonyl (C=O) groups is 2. The van der Waals surface area contributed by atoms with Gasteiger partial charge in [-0.05, 0) is 24.3 Å². The maximum Gasteiger partial charge on any atom is 0.416 e. The van der Waals surface area contributed by atoms with Crippen molar-refractivity contribution in [2.75, 3.05) is 6.61 Å². The molecule has 4 heteroatoms. The minimum atomic E-state index is -0.493. The quantitative estimate of drug-likeness (QED) is 0.806. The van der Waals surface area contributed by atoms with Crippen LogP contribution in [0.2, 0.25) is 0 Å². The Morgan fingerprint density at radius 3 is 2.59 bits per heavy atom. The number of imide groups is 1. The molecule has 0 radical (unpaired) electrons. The minimum absolute atomic E-state index is 0.0831. The summed E-state index contributed by atoms with van der Waals surface area (Å²) in [5.74, 6) is 0.0208. The molecule has 120 valence electrons. The molecule has 2 rings (SSSR count). The van der Waals surface area contributed by atoms with Gasteiger partial charge in [-0.3, -0.25) is 4.79 Å². The topological polar surface area (TPSA) is 46.6 Å². The standard InChI is InChI=1S/C18H25NO3/c1-4-8-16(13(2)3)17(20)19-15(12-22-18(19)21)11-14-9-6-5-7-10-14/h5-7,9-10,13,15-16H,4,8,11-12H2,1-3H3/t15-,16+/m1/s1. The van der Waals surface area contributed by atoms with Crippen LogP contribution in [0.15, 0.2) is 30.3 Å². The van der Waals surface area contributed by atoms with Gasteiger partial charge in [0.1, 0.15) is 6.61 Å². The van der Waals surface area contributed by atoms with Gasteiger partial charge in [0.25, 0.3) is 0 Å². The zero-order valence-corrected chi connectivity index (χ0v) is 13.6. The lowest BCUT2D eigenvalue weighted by molar-refractivity contribution is -0.135. The van der Waals surface area contributed by atoms with Crippen LogP contribution in [0, 0.1) is 11.8 Å². The summed E-state index contributed by atoms with van der Waals surface area (Å²) in [4.78, 5) is 26.2. The molecule has 22 heavy (non-hydrogen) atoms. The average molecular weight is 303 g/mol. The summed E-state index contributed by atoms with van der Waals surface area (Å²) < 4.78 is 5.15. The van der Waals surface area contributed by atoms with Crippen molar-refractivity contribution in [3.05, 3.63) is 35.9 Å². The summed E-state index contributed by atoms with van der Waals surface area (Å²) in [7, 11) is 0. The van der Waals surface area contributed by atoms with E-state index in [9.17, 15) is 9.59 Å². The number of carbonyl (C=O) groups excluding carboxylic acids is 2. The van der Waals surface area contributed by atoms with E-state index in [0.29, 0.717) is 6.42 Å². The molecule has 1 aromatic carbocycles. The number of hydrogen-bond acceptors (Lipinski definition) is 3. The van der Waals surface area contributed by atoms with E-state index in [1.54, 1.807) is 0 Å². The lowest BCUT2D eigenvalue weighted by Crippen LogP contribution is -2.44. The predicted octanol–water partition coefficient (Wildman–Crippen LogP) is 3.65. The molecule has 0 spiro atoms. The highest BCUT2D eigenvalue weighted by atomic mass is 16.6. The highest BCUT2D eigenvalue weighted by Crippen LogP contribution is 2.25. The van der Waals surface area contributed by atoms with Gasteiger partial charge in [0, 0.05) is 5.92 Å². The Labute approximate surface area is 132 Å². The van der Waals surface area contributed by atoms with Crippen LogP contribution in [0.5, 0.6) is 0 Å². The van der Waals surface area contributed by atoms with E-state index in [4.69, 9.17) is 4.74 Å². The van der Waals surface area contributed by atoms with Crippen molar-refractivity contribution in [3.8, 4) is 0 Å². The molecule has 1 saturated heterocycles. The molecule has 1 fully saturated rings. The fourth-order valence-electron chi connectivity index (χ4n) is 3.00. The van der Waals surface area contributed by atoms with Crippen LogP contribution in [-0.4, -0.2) is 29.5 Å². The van der Waals surface area contributed by atoms with E-state index in [1.807, 2.05) is 44.2 Å². The smallest absolute Gasteiger partial charge is 0.416 e. The van der Waals surface area contributed by atoms with Crippen molar-refractivity contribution in [1.29, 1.82) is 0 Å². The summed E-state index contributed by atoms with van der Waals surface area (Å²) >= 11 is 0. The van der Waals surface area contributed by atoms with Gasteiger partial charge in [-0.15, -0.1) is 0 Å². The second kappa shape index (κ2) is 7.43. The normalized spacial score (nSPS) is 19.4. The van der Waals surface area contributed by atoms with Crippen LogP contribution in [0.25, 0.3) is 0 Å². The van der Waals surface area contributed by atoms with Gasteiger partial charge in [0.05, 0.1) is 6.04 Å². The first-order valence-corrected chi connectivity index (χ1v) is 8.08. The Balaban J connectivity index is 2.14. The third-order valence-corrected chi connectivity index (χ3v) is 4.23. The molecule has 0 aromatic heterocycles. The minimum Gasteiger partial charge on any atom is -0.447 e. The van der Waals surface area contributed by atoms with E-state index in [2.05, 4.69) is 6.92 Å². The van der Waals surface area contributed by atoms with Gasteiger partial charge < -0.3 is 4.74 Å². The fraction of sp³-hybridized carbons (Fsp3) is 0.556. The van der Waals surface area contributed by atoms with Crippen LogP contribution in [0.1, 0.15) is 39.2 Å². The van der Waals surface area contributed by atoms with Crippen molar-refractivity contribution in [1.82, 2.24) is 4.90 Å². The molecule has 2 atom stereocenters. The monoisotopic (exact) mass is 303 g/mol. The Morgan fingerprint density at radius 2 is 2.00 bits per heavy atom. The number of rotatable bonds is 6. The maximum absolute atomic E-state index is 12.8. The molecule has 1 aliphatic rings. The molecule has 4 nitrogen and oxygen atoms in total. The summed E-state index contributed by atoms with van der Waals surface area (Å²) in [5.41, 5.74) is 1.11. The first kappa shape index (κ1) is 16.5. The summed E-state index contributed by atoms with van der Waals surface area (Å²) in [6, 6.07) is 9.72. The van der Waals surface area contributed by atoms with Crippen molar-refractivity contribution < 1.29 is 14.3 Å². The van der Waals surface area contributed by atoms with E-state index >= 15 is 0 Å². The SMILES string of the molecule is CCC[C@H](C(=O)N1C(=O)OC[C@H]1Cc1ccccc1)C(C)C. The van der Waals surface area contributed by atoms with E-state index in [-0.39, 0.29) is 30.4 Å². The lowest BCUT2D eigenvalue weighted by atomic mass is 9.89. The second-order valence-electron chi connectivity index (χ2n) is 6.27. The molecular formula is C18H25NO3. The predicted molar refractivity (Wildman–Crippen MR) is 85.4 cm³/mol. The number of benzene rings is 1. The fourth-order valence-corrected chi connectivity index (χ4v) is 3.00. The summed E-state index contributed by atoms with van der Waals surface area (Å²) in [6.45, 7) is 6.42. The van der Waals surface area contributed by atoms with Gasteiger partial charge in [0.15, 0.2) is 0 Å². The molecule has 0 saturated carbocycles. The van der Waals surface area contributed by atoms with Gasteiger partial charge in [-0.1, -0.05) is 57.5 Å². The molecule has 0 N–H and O–H groups in total. The van der Waals surface area contributed by atoms with Crippen LogP contribution in [-0.2, 0) is 16.0 Å². The highest BCUT2D eigenvalue weighted by Gasteiger charge is 2.41. The third-order valence-electron chi connectivity index (χ3n) is 4.23. The zero-order chi connectivity index (χ0) is 16.1. The number of hydrogen-bond donors (Lipinski definition) is 0. The Kier molecular flexibility index (Phi) is 5.58. The molecule has 1 aromatic rings. The maximum atomic E-state index is 12.8. The average Bonchev–Trinajstić information content (AvgIpc) is 2.85. The first-order valence-electron chi connectivity index (χ1n) is 8.08. The molecule has 2 amide bonds. The van der Waals surface area contributed by atoms with Gasteiger partial charge in [-0.2, -0.15) is 0 Å². The largest absolute Gasteiger partial charge is 0.447 e. The van der Waals surface area contributed by atoms with E-state index < -0.39 is 6.09 Å².